The van der Waals surface area contributed by atoms with E-state index in [2.05, 4.69) is 0 Å². The maximum absolute atomic E-state index is 12.5. The summed E-state index contributed by atoms with van der Waals surface area (Å²) in [6.07, 6.45) is 0.901. The van der Waals surface area contributed by atoms with Crippen LogP contribution < -0.4 is 0 Å². The van der Waals surface area contributed by atoms with E-state index in [1.54, 1.807) is 4.31 Å². The zero-order valence-corrected chi connectivity index (χ0v) is 12.0. The van der Waals surface area contributed by atoms with E-state index < -0.39 is 10.0 Å². The maximum atomic E-state index is 12.5. The van der Waals surface area contributed by atoms with E-state index in [1.165, 1.54) is 0 Å². The molecule has 0 saturated carbocycles. The minimum absolute atomic E-state index is 0.00455. The second kappa shape index (κ2) is 5.38. The van der Waals surface area contributed by atoms with E-state index in [0.29, 0.717) is 6.54 Å². The number of hydrogen-bond acceptors (Lipinski definition) is 2. The van der Waals surface area contributed by atoms with Crippen LogP contribution in [0.2, 0.25) is 0 Å². The minimum Gasteiger partial charge on any atom is -0.212 e. The van der Waals surface area contributed by atoms with Crippen molar-refractivity contribution in [2.24, 2.45) is 0 Å². The Morgan fingerprint density at radius 1 is 0.950 bits per heavy atom. The van der Waals surface area contributed by atoms with Gasteiger partial charge in [-0.3, -0.25) is 0 Å². The average molecular weight is 287 g/mol. The van der Waals surface area contributed by atoms with Crippen molar-refractivity contribution in [1.29, 1.82) is 0 Å². The van der Waals surface area contributed by atoms with E-state index in [9.17, 15) is 8.42 Å². The molecule has 0 N–H and O–H groups in total. The Labute approximate surface area is 119 Å². The van der Waals surface area contributed by atoms with Crippen LogP contribution in [0.15, 0.2) is 60.7 Å². The molecule has 104 valence electrons. The molecule has 1 saturated heterocycles. The number of nitrogens with zero attached hydrogens (tertiary/aromatic N) is 1. The van der Waals surface area contributed by atoms with Crippen LogP contribution >= 0.6 is 0 Å². The van der Waals surface area contributed by atoms with Crippen molar-refractivity contribution >= 4 is 10.0 Å². The molecule has 0 radical (unpaired) electrons. The van der Waals surface area contributed by atoms with Crippen LogP contribution in [-0.4, -0.2) is 19.3 Å². The van der Waals surface area contributed by atoms with Gasteiger partial charge in [0.05, 0.1) is 11.8 Å². The van der Waals surface area contributed by atoms with Crippen LogP contribution in [0.25, 0.3) is 0 Å². The normalized spacial score (nSPS) is 19.5. The predicted octanol–water partition coefficient (Wildman–Crippen LogP) is 2.96. The summed E-state index contributed by atoms with van der Waals surface area (Å²) in [5, 5.41) is 0. The van der Waals surface area contributed by atoms with Crippen LogP contribution in [0.1, 0.15) is 23.6 Å². The highest BCUT2D eigenvalue weighted by atomic mass is 32.2. The van der Waals surface area contributed by atoms with Crippen LogP contribution in [-0.2, 0) is 15.8 Å². The van der Waals surface area contributed by atoms with Gasteiger partial charge in [-0.15, -0.1) is 0 Å². The Hall–Kier alpha value is -1.65. The zero-order valence-electron chi connectivity index (χ0n) is 11.1. The molecule has 20 heavy (non-hydrogen) atoms. The molecule has 2 aromatic carbocycles. The molecule has 0 spiro atoms. The second-order valence-electron chi connectivity index (χ2n) is 5.07. The fourth-order valence-electron chi connectivity index (χ4n) is 2.57. The van der Waals surface area contributed by atoms with Crippen molar-refractivity contribution in [2.75, 3.05) is 6.54 Å². The monoisotopic (exact) mass is 287 g/mol. The fraction of sp³-hybridized carbons (Fsp3) is 0.250. The van der Waals surface area contributed by atoms with Gasteiger partial charge < -0.3 is 0 Å². The first-order valence-corrected chi connectivity index (χ1v) is 8.36. The smallest absolute Gasteiger partial charge is 0.212 e. The number of sulfonamides is 1. The summed E-state index contributed by atoms with van der Waals surface area (Å²) >= 11 is 0. The second-order valence-corrected chi connectivity index (χ2v) is 6.99. The summed E-state index contributed by atoms with van der Waals surface area (Å²) in [5.41, 5.74) is 1.92. The van der Waals surface area contributed by atoms with Crippen LogP contribution in [0.3, 0.4) is 0 Å². The highest BCUT2D eigenvalue weighted by Crippen LogP contribution is 2.36. The summed E-state index contributed by atoms with van der Waals surface area (Å²) in [5.74, 6) is 0.0805. The molecule has 3 nitrogen and oxygen atoms in total. The Balaban J connectivity index is 1.79. The molecule has 1 aliphatic heterocycles. The van der Waals surface area contributed by atoms with E-state index in [0.717, 1.165) is 17.5 Å². The number of hydrogen-bond donors (Lipinski definition) is 0. The minimum atomic E-state index is -3.24. The van der Waals surface area contributed by atoms with Crippen molar-refractivity contribution < 1.29 is 8.42 Å². The average Bonchev–Trinajstić information content (AvgIpc) is 2.38. The largest absolute Gasteiger partial charge is 0.218 e. The van der Waals surface area contributed by atoms with Gasteiger partial charge in [-0.1, -0.05) is 60.7 Å². The first kappa shape index (κ1) is 13.3. The molecule has 1 fully saturated rings. The predicted molar refractivity (Wildman–Crippen MR) is 79.6 cm³/mol. The third-order valence-electron chi connectivity index (χ3n) is 3.70. The Morgan fingerprint density at radius 3 is 2.10 bits per heavy atom. The van der Waals surface area contributed by atoms with Crippen molar-refractivity contribution in [3.05, 3.63) is 71.8 Å². The molecule has 1 aliphatic rings. The SMILES string of the molecule is O=S(=O)(Cc1ccccc1)N1CCC1c1ccccc1. The first-order chi connectivity index (χ1) is 9.67. The van der Waals surface area contributed by atoms with E-state index in [4.69, 9.17) is 0 Å². The summed E-state index contributed by atoms with van der Waals surface area (Å²) in [6, 6.07) is 19.2. The lowest BCUT2D eigenvalue weighted by molar-refractivity contribution is 0.202. The molecule has 0 aromatic heterocycles. The number of rotatable bonds is 4. The summed E-state index contributed by atoms with van der Waals surface area (Å²) in [7, 11) is -3.24. The van der Waals surface area contributed by atoms with Crippen LogP contribution in [0, 0.1) is 0 Å². The van der Waals surface area contributed by atoms with Crippen molar-refractivity contribution in [1.82, 2.24) is 4.31 Å². The summed E-state index contributed by atoms with van der Waals surface area (Å²) in [6.45, 7) is 0.620. The van der Waals surface area contributed by atoms with E-state index in [-0.39, 0.29) is 11.8 Å². The Morgan fingerprint density at radius 2 is 1.55 bits per heavy atom. The lowest BCUT2D eigenvalue weighted by Crippen LogP contribution is -2.45. The molecule has 1 unspecified atom stereocenters. The van der Waals surface area contributed by atoms with Gasteiger partial charge in [0.1, 0.15) is 0 Å². The van der Waals surface area contributed by atoms with E-state index >= 15 is 0 Å². The molecule has 3 rings (SSSR count). The quantitative estimate of drug-likeness (QED) is 0.867. The highest BCUT2D eigenvalue weighted by Gasteiger charge is 2.38. The molecule has 1 heterocycles. The summed E-state index contributed by atoms with van der Waals surface area (Å²) < 4.78 is 26.6. The first-order valence-electron chi connectivity index (χ1n) is 6.75. The molecule has 1 atom stereocenters. The van der Waals surface area contributed by atoms with Gasteiger partial charge in [0.15, 0.2) is 0 Å². The molecular formula is C16H17NO2S. The Kier molecular flexibility index (Phi) is 3.59. The van der Waals surface area contributed by atoms with E-state index in [1.807, 2.05) is 60.7 Å². The molecule has 0 aliphatic carbocycles. The summed E-state index contributed by atoms with van der Waals surface area (Å²) in [4.78, 5) is 0. The molecule has 0 amide bonds. The lowest BCUT2D eigenvalue weighted by atomic mass is 9.98. The third-order valence-corrected chi connectivity index (χ3v) is 5.55. The van der Waals surface area contributed by atoms with Gasteiger partial charge in [-0.25, -0.2) is 8.42 Å². The molecule has 2 aromatic rings. The van der Waals surface area contributed by atoms with Crippen LogP contribution in [0.4, 0.5) is 0 Å². The topological polar surface area (TPSA) is 37.4 Å². The lowest BCUT2D eigenvalue weighted by Gasteiger charge is -2.40. The van der Waals surface area contributed by atoms with Gasteiger partial charge in [-0.2, -0.15) is 4.31 Å². The van der Waals surface area contributed by atoms with Crippen molar-refractivity contribution in [3.63, 3.8) is 0 Å². The highest BCUT2D eigenvalue weighted by molar-refractivity contribution is 7.88. The number of benzene rings is 2. The third kappa shape index (κ3) is 2.62. The maximum Gasteiger partial charge on any atom is 0.218 e. The van der Waals surface area contributed by atoms with Crippen LogP contribution in [0.5, 0.6) is 0 Å². The molecule has 0 bridgehead atoms. The van der Waals surface area contributed by atoms with Crippen molar-refractivity contribution in [2.45, 2.75) is 18.2 Å². The van der Waals surface area contributed by atoms with Gasteiger partial charge >= 0.3 is 0 Å². The van der Waals surface area contributed by atoms with Gasteiger partial charge in [-0.05, 0) is 17.5 Å². The van der Waals surface area contributed by atoms with Gasteiger partial charge in [0.2, 0.25) is 10.0 Å². The van der Waals surface area contributed by atoms with Gasteiger partial charge in [0.25, 0.3) is 0 Å². The zero-order chi connectivity index (χ0) is 14.0. The van der Waals surface area contributed by atoms with Crippen molar-refractivity contribution in [3.8, 4) is 0 Å². The Bertz CT molecular complexity index is 668. The standard InChI is InChI=1S/C16H17NO2S/c18-20(19,13-14-7-3-1-4-8-14)17-12-11-16(17)15-9-5-2-6-10-15/h1-10,16H,11-13H2. The molecular weight excluding hydrogens is 270 g/mol. The fourth-order valence-corrected chi connectivity index (χ4v) is 4.35. The molecule has 4 heteroatoms. The van der Waals surface area contributed by atoms with Gasteiger partial charge in [0, 0.05) is 6.54 Å².